The van der Waals surface area contributed by atoms with Gasteiger partial charge in [0.05, 0.1) is 19.2 Å². The molecule has 1 aromatic heterocycles. The second kappa shape index (κ2) is 8.06. The Morgan fingerprint density at radius 2 is 1.77 bits per heavy atom. The Morgan fingerprint density at radius 3 is 2.50 bits per heavy atom. The number of benzene rings is 2. The van der Waals surface area contributed by atoms with Crippen LogP contribution in [0.25, 0.3) is 11.1 Å². The van der Waals surface area contributed by atoms with Crippen molar-refractivity contribution in [3.05, 3.63) is 76.7 Å². The van der Waals surface area contributed by atoms with Crippen molar-refractivity contribution in [2.75, 3.05) is 12.0 Å². The second-order valence-corrected chi connectivity index (χ2v) is 7.37. The van der Waals surface area contributed by atoms with Crippen molar-refractivity contribution >= 4 is 17.7 Å². The molecule has 0 unspecified atom stereocenters. The highest BCUT2D eigenvalue weighted by Crippen LogP contribution is 2.30. The summed E-state index contributed by atoms with van der Waals surface area (Å²) >= 11 is 0. The zero-order chi connectivity index (χ0) is 21.3. The molecule has 0 radical (unpaired) electrons. The van der Waals surface area contributed by atoms with Crippen LogP contribution in [0.3, 0.4) is 0 Å². The van der Waals surface area contributed by atoms with Gasteiger partial charge in [-0.25, -0.2) is 14.8 Å². The minimum atomic E-state index is -0.365. The summed E-state index contributed by atoms with van der Waals surface area (Å²) in [4.78, 5) is 35.4. The van der Waals surface area contributed by atoms with E-state index in [2.05, 4.69) is 9.97 Å². The maximum absolute atomic E-state index is 12.6. The Morgan fingerprint density at radius 1 is 1.03 bits per heavy atom. The summed E-state index contributed by atoms with van der Waals surface area (Å²) < 4.78 is 4.89. The molecule has 0 N–H and O–H groups in total. The third kappa shape index (κ3) is 3.68. The maximum Gasteiger partial charge on any atom is 0.338 e. The van der Waals surface area contributed by atoms with Crippen LogP contribution >= 0.6 is 0 Å². The summed E-state index contributed by atoms with van der Waals surface area (Å²) in [5.41, 5.74) is 5.22. The van der Waals surface area contributed by atoms with Crippen molar-refractivity contribution in [2.45, 2.75) is 33.2 Å². The van der Waals surface area contributed by atoms with E-state index in [4.69, 9.17) is 4.74 Å². The lowest BCUT2D eigenvalue weighted by Crippen LogP contribution is -2.36. The average Bonchev–Trinajstić information content (AvgIpc) is 2.75. The van der Waals surface area contributed by atoms with Crippen molar-refractivity contribution in [1.29, 1.82) is 0 Å². The van der Waals surface area contributed by atoms with Gasteiger partial charge in [0.15, 0.2) is 0 Å². The molecule has 1 aliphatic heterocycles. The first-order chi connectivity index (χ1) is 14.5. The zero-order valence-corrected chi connectivity index (χ0v) is 17.3. The molecule has 0 spiro atoms. The first-order valence-electron chi connectivity index (χ1n) is 9.89. The predicted octanol–water partition coefficient (Wildman–Crippen LogP) is 4.03. The molecule has 0 fully saturated rings. The molecule has 6 nitrogen and oxygen atoms in total. The summed E-state index contributed by atoms with van der Waals surface area (Å²) in [5, 5.41) is 0. The van der Waals surface area contributed by atoms with Crippen LogP contribution < -0.4 is 4.90 Å². The molecule has 0 aliphatic carbocycles. The molecule has 152 valence electrons. The number of nitrogens with zero attached hydrogens (tertiary/aromatic N) is 3. The van der Waals surface area contributed by atoms with E-state index in [1.165, 1.54) is 7.11 Å². The molecule has 0 saturated heterocycles. The van der Waals surface area contributed by atoms with Gasteiger partial charge in [0, 0.05) is 17.7 Å². The molecule has 0 atom stereocenters. The van der Waals surface area contributed by atoms with Gasteiger partial charge in [-0.3, -0.25) is 9.69 Å². The van der Waals surface area contributed by atoms with Crippen molar-refractivity contribution in [3.63, 3.8) is 0 Å². The molecule has 30 heavy (non-hydrogen) atoms. The van der Waals surface area contributed by atoms with Gasteiger partial charge in [-0.15, -0.1) is 0 Å². The summed E-state index contributed by atoms with van der Waals surface area (Å²) in [6.45, 7) is 4.26. The summed E-state index contributed by atoms with van der Waals surface area (Å²) in [6.07, 6.45) is 1.14. The van der Waals surface area contributed by atoms with Gasteiger partial charge in [-0.2, -0.15) is 0 Å². The quantitative estimate of drug-likeness (QED) is 0.617. The van der Waals surface area contributed by atoms with Gasteiger partial charge in [-0.05, 0) is 43.0 Å². The number of fused-ring (bicyclic) bond motifs is 1. The fourth-order valence-electron chi connectivity index (χ4n) is 3.88. The summed E-state index contributed by atoms with van der Waals surface area (Å²) in [5.74, 6) is 1.09. The normalized spacial score (nSPS) is 13.2. The van der Waals surface area contributed by atoms with Crippen molar-refractivity contribution in [1.82, 2.24) is 9.97 Å². The highest BCUT2D eigenvalue weighted by Gasteiger charge is 2.27. The lowest BCUT2D eigenvalue weighted by molar-refractivity contribution is -0.119. The zero-order valence-electron chi connectivity index (χ0n) is 17.3. The fourth-order valence-corrected chi connectivity index (χ4v) is 3.88. The number of carbonyl (C=O) groups is 2. The number of ether oxygens (including phenoxy) is 1. The van der Waals surface area contributed by atoms with E-state index in [9.17, 15) is 9.59 Å². The third-order valence-electron chi connectivity index (χ3n) is 5.39. The van der Waals surface area contributed by atoms with Crippen LogP contribution in [0.1, 0.15) is 39.4 Å². The van der Waals surface area contributed by atoms with Gasteiger partial charge in [0.1, 0.15) is 11.6 Å². The van der Waals surface area contributed by atoms with Crippen LogP contribution in [-0.2, 0) is 22.5 Å². The lowest BCUT2D eigenvalue weighted by Gasteiger charge is -2.29. The Balaban J connectivity index is 1.63. The molecular formula is C24H23N3O3. The highest BCUT2D eigenvalue weighted by molar-refractivity contribution is 5.97. The first-order valence-corrected chi connectivity index (χ1v) is 9.89. The Labute approximate surface area is 175 Å². The number of hydrogen-bond acceptors (Lipinski definition) is 5. The third-order valence-corrected chi connectivity index (χ3v) is 5.39. The predicted molar refractivity (Wildman–Crippen MR) is 114 cm³/mol. The molecule has 2 aromatic carbocycles. The van der Waals surface area contributed by atoms with Crippen LogP contribution in [0.2, 0.25) is 0 Å². The fraction of sp³-hybridized carbons (Fsp3) is 0.250. The summed E-state index contributed by atoms with van der Waals surface area (Å²) in [6, 6.07) is 15.2. The Kier molecular flexibility index (Phi) is 5.31. The Bertz CT molecular complexity index is 1120. The van der Waals surface area contributed by atoms with E-state index in [1.54, 1.807) is 11.0 Å². The number of amides is 1. The molecule has 3 aromatic rings. The van der Waals surface area contributed by atoms with E-state index < -0.39 is 0 Å². The van der Waals surface area contributed by atoms with E-state index in [-0.39, 0.29) is 11.9 Å². The smallest absolute Gasteiger partial charge is 0.338 e. The average molecular weight is 401 g/mol. The van der Waals surface area contributed by atoms with Gasteiger partial charge in [-0.1, -0.05) is 42.5 Å². The van der Waals surface area contributed by atoms with Gasteiger partial charge in [0.25, 0.3) is 0 Å². The first kappa shape index (κ1) is 19.8. The molecular weight excluding hydrogens is 378 g/mol. The van der Waals surface area contributed by atoms with Crippen molar-refractivity contribution in [3.8, 4) is 11.1 Å². The van der Waals surface area contributed by atoms with Crippen LogP contribution in [0, 0.1) is 13.8 Å². The van der Waals surface area contributed by atoms with Crippen LogP contribution in [0.5, 0.6) is 0 Å². The number of aryl methyl sites for hydroxylation is 2. The molecule has 4 rings (SSSR count). The van der Waals surface area contributed by atoms with Gasteiger partial charge < -0.3 is 4.74 Å². The SMILES string of the molecule is COC(=O)c1ccccc1-c1ccc(CN2C(=O)CCc3c(C)nc(C)nc32)cc1. The molecule has 2 heterocycles. The maximum atomic E-state index is 12.6. The topological polar surface area (TPSA) is 72.4 Å². The van der Waals surface area contributed by atoms with Crippen molar-refractivity contribution < 1.29 is 14.3 Å². The number of anilines is 1. The minimum absolute atomic E-state index is 0.0695. The number of carbonyl (C=O) groups excluding carboxylic acids is 2. The molecule has 0 bridgehead atoms. The number of esters is 1. The van der Waals surface area contributed by atoms with Crippen LogP contribution in [0.4, 0.5) is 5.82 Å². The van der Waals surface area contributed by atoms with E-state index in [0.717, 1.165) is 33.8 Å². The highest BCUT2D eigenvalue weighted by atomic mass is 16.5. The number of aromatic nitrogens is 2. The number of rotatable bonds is 4. The van der Waals surface area contributed by atoms with Crippen LogP contribution in [-0.4, -0.2) is 29.0 Å². The number of hydrogen-bond donors (Lipinski definition) is 0. The van der Waals surface area contributed by atoms with Gasteiger partial charge in [0.2, 0.25) is 5.91 Å². The lowest BCUT2D eigenvalue weighted by atomic mass is 9.98. The number of methoxy groups -OCH3 is 1. The van der Waals surface area contributed by atoms with E-state index >= 15 is 0 Å². The minimum Gasteiger partial charge on any atom is -0.465 e. The van der Waals surface area contributed by atoms with Crippen molar-refractivity contribution in [2.24, 2.45) is 0 Å². The standard InChI is InChI=1S/C24H23N3O3/c1-15-19-12-13-22(28)27(23(19)26-16(2)25-15)14-17-8-10-18(11-9-17)20-6-4-5-7-21(20)24(29)30-3/h4-11H,12-14H2,1-3H3. The molecule has 1 aliphatic rings. The monoisotopic (exact) mass is 401 g/mol. The molecule has 0 saturated carbocycles. The van der Waals surface area contributed by atoms with Crippen LogP contribution in [0.15, 0.2) is 48.5 Å². The Hall–Kier alpha value is -3.54. The molecule has 1 amide bonds. The summed E-state index contributed by atoms with van der Waals surface area (Å²) in [7, 11) is 1.38. The van der Waals surface area contributed by atoms with Gasteiger partial charge >= 0.3 is 5.97 Å². The second-order valence-electron chi connectivity index (χ2n) is 7.37. The molecule has 6 heteroatoms. The van der Waals surface area contributed by atoms with E-state index in [1.807, 2.05) is 56.3 Å². The largest absolute Gasteiger partial charge is 0.465 e. The van der Waals surface area contributed by atoms with E-state index in [0.29, 0.717) is 30.8 Å².